The van der Waals surface area contributed by atoms with Crippen molar-refractivity contribution in [2.24, 2.45) is 7.05 Å². The molecule has 1 saturated heterocycles. The zero-order valence-corrected chi connectivity index (χ0v) is 11.0. The van der Waals surface area contributed by atoms with Gasteiger partial charge in [0.05, 0.1) is 5.52 Å². The van der Waals surface area contributed by atoms with Gasteiger partial charge in [-0.1, -0.05) is 15.9 Å². The van der Waals surface area contributed by atoms with Crippen molar-refractivity contribution in [1.29, 1.82) is 0 Å². The molecule has 1 atom stereocenters. The van der Waals surface area contributed by atoms with Gasteiger partial charge >= 0.3 is 0 Å². The van der Waals surface area contributed by atoms with E-state index < -0.39 is 0 Å². The summed E-state index contributed by atoms with van der Waals surface area (Å²) in [6.45, 7) is 0.741. The molecule has 1 aliphatic heterocycles. The van der Waals surface area contributed by atoms with Crippen LogP contribution in [0, 0.1) is 0 Å². The lowest BCUT2D eigenvalue weighted by Gasteiger charge is -2.15. The second-order valence-electron chi connectivity index (χ2n) is 4.35. The van der Waals surface area contributed by atoms with Gasteiger partial charge in [-0.3, -0.25) is 9.48 Å². The van der Waals surface area contributed by atoms with E-state index in [0.717, 1.165) is 23.1 Å². The van der Waals surface area contributed by atoms with Crippen LogP contribution in [-0.4, -0.2) is 27.1 Å². The maximum absolute atomic E-state index is 11.8. The third-order valence-electron chi connectivity index (χ3n) is 2.99. The van der Waals surface area contributed by atoms with Crippen molar-refractivity contribution < 1.29 is 4.79 Å². The standard InChI is InChI=1S/C12H12BrN3O/c1-15-6-8-4-10(2-3-11(8)14-15)16-7-9(13)5-12(16)17/h2-4,6,9H,5,7H2,1H3. The molecule has 1 aromatic carbocycles. The highest BCUT2D eigenvalue weighted by Crippen LogP contribution is 2.27. The number of anilines is 1. The van der Waals surface area contributed by atoms with Crippen molar-refractivity contribution in [3.05, 3.63) is 24.4 Å². The van der Waals surface area contributed by atoms with Crippen molar-refractivity contribution in [2.45, 2.75) is 11.2 Å². The molecular weight excluding hydrogens is 282 g/mol. The normalized spacial score (nSPS) is 20.5. The van der Waals surface area contributed by atoms with Crippen LogP contribution >= 0.6 is 15.9 Å². The Morgan fingerprint density at radius 3 is 3.00 bits per heavy atom. The minimum atomic E-state index is 0.176. The third kappa shape index (κ3) is 1.84. The smallest absolute Gasteiger partial charge is 0.228 e. The van der Waals surface area contributed by atoms with Crippen LogP contribution in [0.3, 0.4) is 0 Å². The number of halogens is 1. The number of fused-ring (bicyclic) bond motifs is 1. The van der Waals surface area contributed by atoms with E-state index in [1.165, 1.54) is 0 Å². The molecule has 0 spiro atoms. The topological polar surface area (TPSA) is 38.1 Å². The third-order valence-corrected chi connectivity index (χ3v) is 3.61. The number of carbonyl (C=O) groups is 1. The van der Waals surface area contributed by atoms with Gasteiger partial charge in [0.1, 0.15) is 0 Å². The number of hydrogen-bond acceptors (Lipinski definition) is 2. The van der Waals surface area contributed by atoms with E-state index in [9.17, 15) is 4.79 Å². The summed E-state index contributed by atoms with van der Waals surface area (Å²) >= 11 is 3.49. The Morgan fingerprint density at radius 1 is 1.47 bits per heavy atom. The average Bonchev–Trinajstić information content (AvgIpc) is 2.78. The Bertz CT molecular complexity index is 592. The van der Waals surface area contributed by atoms with E-state index in [4.69, 9.17) is 0 Å². The monoisotopic (exact) mass is 293 g/mol. The van der Waals surface area contributed by atoms with E-state index in [0.29, 0.717) is 6.42 Å². The van der Waals surface area contributed by atoms with Crippen molar-refractivity contribution in [3.63, 3.8) is 0 Å². The van der Waals surface area contributed by atoms with Gasteiger partial charge in [-0.15, -0.1) is 0 Å². The highest BCUT2D eigenvalue weighted by molar-refractivity contribution is 9.09. The molecule has 1 unspecified atom stereocenters. The SMILES string of the molecule is Cn1cc2cc(N3CC(Br)CC3=O)ccc2n1. The fourth-order valence-corrected chi connectivity index (χ4v) is 2.78. The molecule has 0 radical (unpaired) electrons. The van der Waals surface area contributed by atoms with E-state index in [2.05, 4.69) is 21.0 Å². The van der Waals surface area contributed by atoms with Crippen LogP contribution in [0.15, 0.2) is 24.4 Å². The van der Waals surface area contributed by atoms with E-state index in [1.807, 2.05) is 36.3 Å². The van der Waals surface area contributed by atoms with Crippen molar-refractivity contribution >= 4 is 38.4 Å². The molecular formula is C12H12BrN3O. The summed E-state index contributed by atoms with van der Waals surface area (Å²) in [4.78, 5) is 13.9. The summed E-state index contributed by atoms with van der Waals surface area (Å²) in [5.41, 5.74) is 1.91. The predicted molar refractivity (Wildman–Crippen MR) is 70.4 cm³/mol. The number of alkyl halides is 1. The minimum absolute atomic E-state index is 0.176. The van der Waals surface area contributed by atoms with Gasteiger partial charge in [-0.05, 0) is 18.2 Å². The molecule has 0 N–H and O–H groups in total. The van der Waals surface area contributed by atoms with Gasteiger partial charge in [0.15, 0.2) is 0 Å². The quantitative estimate of drug-likeness (QED) is 0.755. The second kappa shape index (κ2) is 3.84. The number of amides is 1. The summed E-state index contributed by atoms with van der Waals surface area (Å²) in [6, 6.07) is 5.93. The average molecular weight is 294 g/mol. The molecule has 1 amide bonds. The summed E-state index contributed by atoms with van der Waals surface area (Å²) in [6.07, 6.45) is 2.54. The van der Waals surface area contributed by atoms with Gasteiger partial charge in [0.25, 0.3) is 0 Å². The Labute approximate surface area is 107 Å². The molecule has 1 fully saturated rings. The van der Waals surface area contributed by atoms with Gasteiger partial charge in [0, 0.05) is 42.1 Å². The molecule has 5 heteroatoms. The van der Waals surface area contributed by atoms with Crippen LogP contribution in [0.2, 0.25) is 0 Å². The van der Waals surface area contributed by atoms with Gasteiger partial charge in [-0.2, -0.15) is 5.10 Å². The lowest BCUT2D eigenvalue weighted by Crippen LogP contribution is -2.24. The van der Waals surface area contributed by atoms with Crippen molar-refractivity contribution in [1.82, 2.24) is 9.78 Å². The Hall–Kier alpha value is -1.36. The summed E-state index contributed by atoms with van der Waals surface area (Å²) in [5.74, 6) is 0.176. The molecule has 4 nitrogen and oxygen atoms in total. The molecule has 1 aliphatic rings. The fourth-order valence-electron chi connectivity index (χ4n) is 2.22. The first-order valence-corrected chi connectivity index (χ1v) is 6.43. The van der Waals surface area contributed by atoms with Gasteiger partial charge in [0.2, 0.25) is 5.91 Å². The first kappa shape index (κ1) is 10.8. The lowest BCUT2D eigenvalue weighted by atomic mass is 10.2. The zero-order chi connectivity index (χ0) is 12.0. The molecule has 17 heavy (non-hydrogen) atoms. The summed E-state index contributed by atoms with van der Waals surface area (Å²) in [7, 11) is 1.90. The summed E-state index contributed by atoms with van der Waals surface area (Å²) in [5, 5.41) is 5.38. The first-order chi connectivity index (χ1) is 8.13. The first-order valence-electron chi connectivity index (χ1n) is 5.51. The van der Waals surface area contributed by atoms with Crippen LogP contribution in [-0.2, 0) is 11.8 Å². The second-order valence-corrected chi connectivity index (χ2v) is 5.65. The number of aryl methyl sites for hydroxylation is 1. The van der Waals surface area contributed by atoms with E-state index in [-0.39, 0.29) is 10.7 Å². The number of nitrogens with zero attached hydrogens (tertiary/aromatic N) is 3. The van der Waals surface area contributed by atoms with Gasteiger partial charge in [-0.25, -0.2) is 0 Å². The maximum Gasteiger partial charge on any atom is 0.228 e. The van der Waals surface area contributed by atoms with Gasteiger partial charge < -0.3 is 4.90 Å². The van der Waals surface area contributed by atoms with Crippen LogP contribution in [0.5, 0.6) is 0 Å². The Morgan fingerprint density at radius 2 is 2.29 bits per heavy atom. The molecule has 88 valence electrons. The number of benzene rings is 1. The maximum atomic E-state index is 11.8. The van der Waals surface area contributed by atoms with E-state index >= 15 is 0 Å². The Balaban J connectivity index is 2.03. The van der Waals surface area contributed by atoms with Crippen LogP contribution in [0.4, 0.5) is 5.69 Å². The predicted octanol–water partition coefficient (Wildman–Crippen LogP) is 2.07. The molecule has 0 bridgehead atoms. The van der Waals surface area contributed by atoms with Crippen LogP contribution < -0.4 is 4.90 Å². The highest BCUT2D eigenvalue weighted by Gasteiger charge is 2.28. The number of aromatic nitrogens is 2. The highest BCUT2D eigenvalue weighted by atomic mass is 79.9. The van der Waals surface area contributed by atoms with Crippen molar-refractivity contribution in [3.8, 4) is 0 Å². The number of carbonyl (C=O) groups excluding carboxylic acids is 1. The Kier molecular flexibility index (Phi) is 2.43. The van der Waals surface area contributed by atoms with Crippen LogP contribution in [0.25, 0.3) is 10.9 Å². The largest absolute Gasteiger partial charge is 0.311 e. The molecule has 2 heterocycles. The van der Waals surface area contributed by atoms with Crippen LogP contribution in [0.1, 0.15) is 6.42 Å². The number of hydrogen-bond donors (Lipinski definition) is 0. The molecule has 0 aliphatic carbocycles. The molecule has 0 saturated carbocycles. The fraction of sp³-hybridized carbons (Fsp3) is 0.333. The molecule has 1 aromatic heterocycles. The van der Waals surface area contributed by atoms with Crippen molar-refractivity contribution in [2.75, 3.05) is 11.4 Å². The minimum Gasteiger partial charge on any atom is -0.311 e. The lowest BCUT2D eigenvalue weighted by molar-refractivity contribution is -0.117. The zero-order valence-electron chi connectivity index (χ0n) is 9.43. The molecule has 2 aromatic rings. The molecule has 3 rings (SSSR count). The van der Waals surface area contributed by atoms with E-state index in [1.54, 1.807) is 4.68 Å². The summed E-state index contributed by atoms with van der Waals surface area (Å²) < 4.78 is 1.79. The number of rotatable bonds is 1.